The molecule has 1 amide bonds. The minimum atomic E-state index is -0.669. The molecule has 6 rings (SSSR count). The number of carbonyl (C=O) groups excluding carboxylic acids is 1. The van der Waals surface area contributed by atoms with Crippen LogP contribution in [0.3, 0.4) is 0 Å². The minimum Gasteiger partial charge on any atom is -0.507 e. The van der Waals surface area contributed by atoms with E-state index in [0.717, 1.165) is 11.1 Å². The predicted octanol–water partition coefficient (Wildman–Crippen LogP) is 2.30. The van der Waals surface area contributed by atoms with Crippen LogP contribution < -0.4 is 10.1 Å². The van der Waals surface area contributed by atoms with Crippen molar-refractivity contribution in [2.24, 2.45) is 0 Å². The molecule has 0 aliphatic carbocycles. The van der Waals surface area contributed by atoms with Crippen molar-refractivity contribution in [3.05, 3.63) is 59.1 Å². The van der Waals surface area contributed by atoms with Crippen molar-refractivity contribution in [1.29, 1.82) is 0 Å². The summed E-state index contributed by atoms with van der Waals surface area (Å²) in [5, 5.41) is 32.4. The van der Waals surface area contributed by atoms with Gasteiger partial charge in [-0.05, 0) is 29.8 Å². The number of phenols is 1. The van der Waals surface area contributed by atoms with Crippen molar-refractivity contribution in [3.63, 3.8) is 0 Å². The van der Waals surface area contributed by atoms with Crippen LogP contribution in [0.1, 0.15) is 10.4 Å². The van der Waals surface area contributed by atoms with Gasteiger partial charge in [0.05, 0.1) is 49.3 Å². The van der Waals surface area contributed by atoms with Gasteiger partial charge in [-0.3, -0.25) is 4.79 Å². The zero-order valence-corrected chi connectivity index (χ0v) is 23.1. The lowest BCUT2D eigenvalue weighted by Gasteiger charge is -2.15. The number of benzene rings is 2. The summed E-state index contributed by atoms with van der Waals surface area (Å²) in [5.41, 5.74) is 3.91. The van der Waals surface area contributed by atoms with E-state index in [4.69, 9.17) is 35.7 Å². The van der Waals surface area contributed by atoms with Gasteiger partial charge in [-0.15, -0.1) is 0 Å². The lowest BCUT2D eigenvalue weighted by atomic mass is 10.00. The van der Waals surface area contributed by atoms with Gasteiger partial charge in [0.25, 0.3) is 11.9 Å². The average Bonchev–Trinajstić information content (AvgIpc) is 3.68. The summed E-state index contributed by atoms with van der Waals surface area (Å²) in [6.07, 6.45) is -1.85. The second-order valence-electron chi connectivity index (χ2n) is 9.95. The van der Waals surface area contributed by atoms with Crippen LogP contribution in [0.15, 0.2) is 48.5 Å². The molecule has 0 saturated carbocycles. The number of rotatable bonds is 10. The number of fused-ring (bicyclic) bond motifs is 2. The summed E-state index contributed by atoms with van der Waals surface area (Å²) in [4.78, 5) is 24.5. The molecule has 0 unspecified atom stereocenters. The van der Waals surface area contributed by atoms with Crippen molar-refractivity contribution >= 4 is 28.7 Å². The molecule has 13 heteroatoms. The quantitative estimate of drug-likeness (QED) is 0.171. The number of ether oxygens (including phenoxy) is 4. The molecule has 42 heavy (non-hydrogen) atoms. The van der Waals surface area contributed by atoms with Crippen molar-refractivity contribution in [2.75, 3.05) is 39.6 Å². The Bertz CT molecular complexity index is 1580. The molecule has 0 bridgehead atoms. The largest absolute Gasteiger partial charge is 0.507 e. The SMILES string of the molecule is O=C(NCCOCCO)c1ccc(-c2ccc(-c3nc4nc(O[C@@H]5CO[C@H]6[C@@H]5OC[C@H]6O)[nH]c4cc3Cl)cc2)c(O)c1. The summed E-state index contributed by atoms with van der Waals surface area (Å²) in [5.74, 6) is -0.376. The van der Waals surface area contributed by atoms with Crippen LogP contribution >= 0.6 is 11.6 Å². The standard InChI is InChI=1S/C29H29ClN4O8/c30-19-12-20-27(34-29(32-20)42-23-14-41-25-22(37)13-40-26(23)25)33-24(19)16-3-1-15(2-4-16)18-6-5-17(11-21(18)36)28(38)31-7-9-39-10-8-35/h1-6,11-12,22-23,25-26,35-37H,7-10,13-14H2,(H,31,38)(H,32,33,34)/t22-,23-,25-,26-/m1/s1. The Hall–Kier alpha value is -3.78. The van der Waals surface area contributed by atoms with E-state index in [1.807, 2.05) is 24.3 Å². The predicted molar refractivity (Wildman–Crippen MR) is 152 cm³/mol. The minimum absolute atomic E-state index is 0.0370. The zero-order valence-electron chi connectivity index (χ0n) is 22.3. The molecule has 12 nitrogen and oxygen atoms in total. The van der Waals surface area contributed by atoms with Gasteiger partial charge in [0.15, 0.2) is 11.8 Å². The first-order valence-electron chi connectivity index (χ1n) is 13.5. The molecular formula is C29H29ClN4O8. The first kappa shape index (κ1) is 28.3. The van der Waals surface area contributed by atoms with Crippen LogP contribution in [-0.4, -0.2) is 100 Å². The van der Waals surface area contributed by atoms with E-state index in [1.54, 1.807) is 18.2 Å². The highest BCUT2D eigenvalue weighted by Gasteiger charge is 2.48. The number of pyridine rings is 1. The number of hydrogen-bond donors (Lipinski definition) is 5. The number of phenolic OH excluding ortho intramolecular Hbond substituents is 1. The van der Waals surface area contributed by atoms with E-state index in [-0.39, 0.29) is 63.4 Å². The molecule has 0 spiro atoms. The molecule has 4 heterocycles. The molecule has 2 aliphatic rings. The number of amides is 1. The molecule has 4 atom stereocenters. The zero-order chi connectivity index (χ0) is 29.2. The van der Waals surface area contributed by atoms with Crippen molar-refractivity contribution in [2.45, 2.75) is 24.4 Å². The molecule has 2 aromatic carbocycles. The van der Waals surface area contributed by atoms with Gasteiger partial charge in [0.2, 0.25) is 0 Å². The number of aromatic amines is 1. The number of aromatic nitrogens is 3. The Morgan fingerprint density at radius 3 is 2.62 bits per heavy atom. The summed E-state index contributed by atoms with van der Waals surface area (Å²) in [6, 6.07) is 14.0. The summed E-state index contributed by atoms with van der Waals surface area (Å²) >= 11 is 6.58. The van der Waals surface area contributed by atoms with Gasteiger partial charge < -0.3 is 44.6 Å². The number of hydrogen-bond acceptors (Lipinski definition) is 10. The average molecular weight is 597 g/mol. The van der Waals surface area contributed by atoms with Crippen LogP contribution in [0.5, 0.6) is 11.8 Å². The normalized spacial score (nSPS) is 21.5. The summed E-state index contributed by atoms with van der Waals surface area (Å²) in [7, 11) is 0. The Morgan fingerprint density at radius 1 is 1.05 bits per heavy atom. The number of imidazole rings is 1. The van der Waals surface area contributed by atoms with Crippen molar-refractivity contribution < 1.29 is 39.1 Å². The number of nitrogens with one attached hydrogen (secondary N) is 2. The summed E-state index contributed by atoms with van der Waals surface area (Å²) in [6.45, 7) is 1.18. The van der Waals surface area contributed by atoms with Crippen molar-refractivity contribution in [3.8, 4) is 34.1 Å². The third-order valence-electron chi connectivity index (χ3n) is 7.15. The Labute approximate surface area is 245 Å². The monoisotopic (exact) mass is 596 g/mol. The number of aliphatic hydroxyl groups excluding tert-OH is 2. The first-order valence-corrected chi connectivity index (χ1v) is 13.8. The molecule has 2 aromatic heterocycles. The number of carbonyl (C=O) groups is 1. The third-order valence-corrected chi connectivity index (χ3v) is 7.43. The molecular weight excluding hydrogens is 568 g/mol. The molecule has 5 N–H and O–H groups in total. The highest BCUT2D eigenvalue weighted by atomic mass is 35.5. The number of H-pyrrole nitrogens is 1. The van der Waals surface area contributed by atoms with Crippen LogP contribution in [0.4, 0.5) is 0 Å². The Morgan fingerprint density at radius 2 is 1.83 bits per heavy atom. The van der Waals surface area contributed by atoms with Crippen LogP contribution in [0, 0.1) is 0 Å². The highest BCUT2D eigenvalue weighted by Crippen LogP contribution is 2.35. The highest BCUT2D eigenvalue weighted by molar-refractivity contribution is 6.33. The lowest BCUT2D eigenvalue weighted by Crippen LogP contribution is -2.34. The van der Waals surface area contributed by atoms with E-state index in [9.17, 15) is 15.0 Å². The van der Waals surface area contributed by atoms with Gasteiger partial charge in [-0.25, -0.2) is 4.98 Å². The third kappa shape index (κ3) is 5.77. The fourth-order valence-corrected chi connectivity index (χ4v) is 5.33. The summed E-state index contributed by atoms with van der Waals surface area (Å²) < 4.78 is 22.3. The fourth-order valence-electron chi connectivity index (χ4n) is 5.07. The number of aliphatic hydroxyl groups is 2. The van der Waals surface area contributed by atoms with E-state index in [0.29, 0.717) is 33.0 Å². The Balaban J connectivity index is 1.14. The smallest absolute Gasteiger partial charge is 0.296 e. The maximum absolute atomic E-state index is 12.4. The first-order chi connectivity index (χ1) is 20.4. The molecule has 4 aromatic rings. The fraction of sp³-hybridized carbons (Fsp3) is 0.345. The second kappa shape index (κ2) is 12.2. The van der Waals surface area contributed by atoms with Crippen molar-refractivity contribution in [1.82, 2.24) is 20.3 Å². The maximum Gasteiger partial charge on any atom is 0.296 e. The molecule has 220 valence electrons. The van der Waals surface area contributed by atoms with Gasteiger partial charge in [0, 0.05) is 23.2 Å². The van der Waals surface area contributed by atoms with E-state index < -0.39 is 18.3 Å². The van der Waals surface area contributed by atoms with E-state index in [1.165, 1.54) is 6.07 Å². The second-order valence-corrected chi connectivity index (χ2v) is 10.4. The number of nitrogens with zero attached hydrogens (tertiary/aromatic N) is 2. The number of aromatic hydroxyl groups is 1. The lowest BCUT2D eigenvalue weighted by molar-refractivity contribution is 0.00706. The van der Waals surface area contributed by atoms with Gasteiger partial charge in [-0.2, -0.15) is 4.98 Å². The topological polar surface area (TPSA) is 168 Å². The van der Waals surface area contributed by atoms with E-state index in [2.05, 4.69) is 20.3 Å². The number of halogens is 1. The van der Waals surface area contributed by atoms with Gasteiger partial charge in [-0.1, -0.05) is 35.9 Å². The van der Waals surface area contributed by atoms with Gasteiger partial charge >= 0.3 is 0 Å². The van der Waals surface area contributed by atoms with Gasteiger partial charge in [0.1, 0.15) is 24.1 Å². The molecule has 2 aliphatic heterocycles. The molecule has 2 fully saturated rings. The Kier molecular flexibility index (Phi) is 8.24. The van der Waals surface area contributed by atoms with Crippen LogP contribution in [-0.2, 0) is 14.2 Å². The maximum atomic E-state index is 12.4. The molecule has 0 radical (unpaired) electrons. The molecule has 2 saturated heterocycles. The van der Waals surface area contributed by atoms with Crippen LogP contribution in [0.25, 0.3) is 33.5 Å². The van der Waals surface area contributed by atoms with E-state index >= 15 is 0 Å². The van der Waals surface area contributed by atoms with Crippen LogP contribution in [0.2, 0.25) is 5.02 Å².